The molecule has 0 saturated carbocycles. The number of carbonyl (C=O) groups is 1. The Balaban J connectivity index is 2.21. The average Bonchev–Trinajstić information content (AvgIpc) is 2.17. The number of nitrogens with one attached hydrogen (secondary N) is 2. The molecule has 2 atom stereocenters. The van der Waals surface area contributed by atoms with Crippen molar-refractivity contribution in [1.82, 2.24) is 10.6 Å². The van der Waals surface area contributed by atoms with E-state index in [9.17, 15) is 4.79 Å². The molecule has 1 aliphatic rings. The number of rotatable bonds is 2. The largest absolute Gasteiger partial charge is 0.343 e. The third-order valence-corrected chi connectivity index (χ3v) is 1.62. The molecule has 0 aliphatic carbocycles. The molecule has 0 aromatic heterocycles. The van der Waals surface area contributed by atoms with Crippen molar-refractivity contribution in [1.29, 1.82) is 0 Å². The third-order valence-electron chi connectivity index (χ3n) is 1.62. The third kappa shape index (κ3) is 1.68. The van der Waals surface area contributed by atoms with Crippen molar-refractivity contribution in [3.63, 3.8) is 0 Å². The number of hydrogen-bond acceptors (Lipinski definition) is 2. The molecule has 0 spiro atoms. The van der Waals surface area contributed by atoms with Crippen LogP contribution in [0.5, 0.6) is 0 Å². The number of hydrogen-bond donors (Lipinski definition) is 2. The van der Waals surface area contributed by atoms with Crippen molar-refractivity contribution in [2.75, 3.05) is 6.54 Å². The van der Waals surface area contributed by atoms with Gasteiger partial charge in [-0.25, -0.2) is 0 Å². The summed E-state index contributed by atoms with van der Waals surface area (Å²) >= 11 is 0. The van der Waals surface area contributed by atoms with E-state index < -0.39 is 0 Å². The predicted octanol–water partition coefficient (Wildman–Crippen LogP) is -0.312. The molecule has 3 nitrogen and oxygen atoms in total. The van der Waals surface area contributed by atoms with E-state index in [1.54, 1.807) is 0 Å². The molecule has 1 amide bonds. The van der Waals surface area contributed by atoms with Gasteiger partial charge in [-0.15, -0.1) is 0 Å². The average molecular weight is 128 g/mol. The van der Waals surface area contributed by atoms with Crippen LogP contribution in [0.4, 0.5) is 0 Å². The quantitative estimate of drug-likeness (QED) is 0.501. The Morgan fingerprint density at radius 1 is 1.78 bits per heavy atom. The summed E-state index contributed by atoms with van der Waals surface area (Å²) in [5.41, 5.74) is 0. The van der Waals surface area contributed by atoms with Crippen molar-refractivity contribution < 1.29 is 4.79 Å². The van der Waals surface area contributed by atoms with Gasteiger partial charge in [0.1, 0.15) is 0 Å². The molecule has 1 fully saturated rings. The van der Waals surface area contributed by atoms with Crippen molar-refractivity contribution in [3.05, 3.63) is 0 Å². The first kappa shape index (κ1) is 6.55. The fourth-order valence-corrected chi connectivity index (χ4v) is 1.12. The first-order valence-corrected chi connectivity index (χ1v) is 3.26. The molecule has 2 unspecified atom stereocenters. The highest BCUT2D eigenvalue weighted by Crippen LogP contribution is 2.09. The van der Waals surface area contributed by atoms with Crippen molar-refractivity contribution in [2.45, 2.75) is 19.5 Å². The summed E-state index contributed by atoms with van der Waals surface area (Å²) in [6, 6.07) is 0. The summed E-state index contributed by atoms with van der Waals surface area (Å²) < 4.78 is 0. The SMILES string of the molecule is CC1CNC(NC=O)C1. The van der Waals surface area contributed by atoms with Gasteiger partial charge in [-0.05, 0) is 18.9 Å². The van der Waals surface area contributed by atoms with Gasteiger partial charge < -0.3 is 5.32 Å². The molecular weight excluding hydrogens is 116 g/mol. The van der Waals surface area contributed by atoms with Gasteiger partial charge in [0.25, 0.3) is 0 Å². The molecule has 1 aliphatic heterocycles. The van der Waals surface area contributed by atoms with Crippen LogP contribution in [0, 0.1) is 5.92 Å². The van der Waals surface area contributed by atoms with Crippen LogP contribution in [-0.4, -0.2) is 19.1 Å². The van der Waals surface area contributed by atoms with Gasteiger partial charge in [0.2, 0.25) is 6.41 Å². The van der Waals surface area contributed by atoms with E-state index in [1.807, 2.05) is 0 Å². The second kappa shape index (κ2) is 2.82. The molecule has 0 aromatic rings. The highest BCUT2D eigenvalue weighted by molar-refractivity contribution is 5.46. The molecule has 0 aromatic carbocycles. The van der Waals surface area contributed by atoms with Gasteiger partial charge in [0.15, 0.2) is 0 Å². The zero-order valence-corrected chi connectivity index (χ0v) is 5.55. The van der Waals surface area contributed by atoms with E-state index in [1.165, 1.54) is 0 Å². The fraction of sp³-hybridized carbons (Fsp3) is 0.833. The minimum Gasteiger partial charge on any atom is -0.343 e. The van der Waals surface area contributed by atoms with Crippen molar-refractivity contribution >= 4 is 6.41 Å². The van der Waals surface area contributed by atoms with E-state index in [-0.39, 0.29) is 6.17 Å². The Labute approximate surface area is 54.8 Å². The number of carbonyl (C=O) groups excluding carboxylic acids is 1. The first-order chi connectivity index (χ1) is 4.33. The molecule has 0 bridgehead atoms. The summed E-state index contributed by atoms with van der Waals surface area (Å²) in [5, 5.41) is 5.85. The molecular formula is C6H12N2O. The summed E-state index contributed by atoms with van der Waals surface area (Å²) in [6.07, 6.45) is 2.02. The molecule has 52 valence electrons. The summed E-state index contributed by atoms with van der Waals surface area (Å²) in [5.74, 6) is 0.697. The van der Waals surface area contributed by atoms with Crippen LogP contribution in [-0.2, 0) is 4.79 Å². The van der Waals surface area contributed by atoms with E-state index in [2.05, 4.69) is 17.6 Å². The van der Waals surface area contributed by atoms with Gasteiger partial charge in [0.05, 0.1) is 6.17 Å². The van der Waals surface area contributed by atoms with E-state index in [0.717, 1.165) is 19.4 Å². The normalized spacial score (nSPS) is 34.3. The smallest absolute Gasteiger partial charge is 0.208 e. The van der Waals surface area contributed by atoms with Crippen LogP contribution >= 0.6 is 0 Å². The molecule has 2 N–H and O–H groups in total. The molecule has 9 heavy (non-hydrogen) atoms. The standard InChI is InChI=1S/C6H12N2O/c1-5-2-6(7-3-5)8-4-9/h4-7H,2-3H2,1H3,(H,8,9). The second-order valence-corrected chi connectivity index (χ2v) is 2.59. The lowest BCUT2D eigenvalue weighted by atomic mass is 10.1. The molecule has 1 saturated heterocycles. The zero-order valence-electron chi connectivity index (χ0n) is 5.55. The van der Waals surface area contributed by atoms with Crippen molar-refractivity contribution in [3.8, 4) is 0 Å². The van der Waals surface area contributed by atoms with Crippen LogP contribution in [0.1, 0.15) is 13.3 Å². The van der Waals surface area contributed by atoms with Crippen LogP contribution in [0.2, 0.25) is 0 Å². The maximum atomic E-state index is 9.92. The molecule has 0 radical (unpaired) electrons. The topological polar surface area (TPSA) is 41.1 Å². The molecule has 1 rings (SSSR count). The fourth-order valence-electron chi connectivity index (χ4n) is 1.12. The highest BCUT2D eigenvalue weighted by atomic mass is 16.1. The second-order valence-electron chi connectivity index (χ2n) is 2.59. The molecule has 3 heteroatoms. The zero-order chi connectivity index (χ0) is 6.69. The lowest BCUT2D eigenvalue weighted by Crippen LogP contribution is -2.35. The van der Waals surface area contributed by atoms with Crippen LogP contribution in [0.3, 0.4) is 0 Å². The van der Waals surface area contributed by atoms with E-state index in [0.29, 0.717) is 5.92 Å². The maximum absolute atomic E-state index is 9.92. The van der Waals surface area contributed by atoms with Crippen LogP contribution in [0.15, 0.2) is 0 Å². The Morgan fingerprint density at radius 3 is 3.00 bits per heavy atom. The van der Waals surface area contributed by atoms with Crippen molar-refractivity contribution in [2.24, 2.45) is 5.92 Å². The number of amides is 1. The highest BCUT2D eigenvalue weighted by Gasteiger charge is 2.18. The summed E-state index contributed by atoms with van der Waals surface area (Å²) in [6.45, 7) is 3.19. The Hall–Kier alpha value is -0.570. The molecule has 1 heterocycles. The lowest BCUT2D eigenvalue weighted by molar-refractivity contribution is -0.110. The maximum Gasteiger partial charge on any atom is 0.208 e. The van der Waals surface area contributed by atoms with Gasteiger partial charge in [-0.3, -0.25) is 10.1 Å². The van der Waals surface area contributed by atoms with Gasteiger partial charge >= 0.3 is 0 Å². The first-order valence-electron chi connectivity index (χ1n) is 3.26. The van der Waals surface area contributed by atoms with Gasteiger partial charge in [-0.2, -0.15) is 0 Å². The Bertz CT molecular complexity index is 105. The lowest BCUT2D eigenvalue weighted by Gasteiger charge is -2.05. The van der Waals surface area contributed by atoms with E-state index in [4.69, 9.17) is 0 Å². The van der Waals surface area contributed by atoms with Crippen LogP contribution < -0.4 is 10.6 Å². The Kier molecular flexibility index (Phi) is 2.05. The summed E-state index contributed by atoms with van der Waals surface area (Å²) in [7, 11) is 0. The minimum atomic E-state index is 0.220. The Morgan fingerprint density at radius 2 is 2.56 bits per heavy atom. The predicted molar refractivity (Wildman–Crippen MR) is 34.8 cm³/mol. The van der Waals surface area contributed by atoms with E-state index >= 15 is 0 Å². The van der Waals surface area contributed by atoms with Gasteiger partial charge in [-0.1, -0.05) is 6.92 Å². The monoisotopic (exact) mass is 128 g/mol. The van der Waals surface area contributed by atoms with Gasteiger partial charge in [0, 0.05) is 0 Å². The minimum absolute atomic E-state index is 0.220. The van der Waals surface area contributed by atoms with Crippen LogP contribution in [0.25, 0.3) is 0 Å². The summed E-state index contributed by atoms with van der Waals surface area (Å²) in [4.78, 5) is 9.92.